The zero-order chi connectivity index (χ0) is 13.2. The molecule has 5 nitrogen and oxygen atoms in total. The number of aryl methyl sites for hydroxylation is 1. The fourth-order valence-corrected chi connectivity index (χ4v) is 2.52. The van der Waals surface area contributed by atoms with Gasteiger partial charge in [0.1, 0.15) is 5.01 Å². The lowest BCUT2D eigenvalue weighted by atomic mass is 10.1. The maximum absolute atomic E-state index is 10.7. The predicted molar refractivity (Wildman–Crippen MR) is 72.9 cm³/mol. The number of nitrogens with zero attached hydrogens (tertiary/aromatic N) is 4. The van der Waals surface area contributed by atoms with Crippen molar-refractivity contribution in [1.82, 2.24) is 19.7 Å². The second kappa shape index (κ2) is 4.74. The molecule has 0 saturated heterocycles. The van der Waals surface area contributed by atoms with Gasteiger partial charge >= 0.3 is 0 Å². The molecule has 3 aromatic rings. The van der Waals surface area contributed by atoms with E-state index in [1.807, 2.05) is 25.2 Å². The van der Waals surface area contributed by atoms with E-state index in [9.17, 15) is 4.79 Å². The number of aldehydes is 1. The number of hydrogen-bond donors (Lipinski definition) is 0. The van der Waals surface area contributed by atoms with E-state index < -0.39 is 0 Å². The van der Waals surface area contributed by atoms with Crippen molar-refractivity contribution >= 4 is 17.6 Å². The van der Waals surface area contributed by atoms with Crippen molar-refractivity contribution in [2.45, 2.75) is 0 Å². The minimum atomic E-state index is 0.600. The van der Waals surface area contributed by atoms with Crippen molar-refractivity contribution in [3.8, 4) is 22.0 Å². The van der Waals surface area contributed by atoms with Gasteiger partial charge in [0.15, 0.2) is 6.29 Å². The smallest absolute Gasteiger partial charge is 0.161 e. The molecule has 0 saturated carbocycles. The van der Waals surface area contributed by atoms with E-state index in [0.29, 0.717) is 4.88 Å². The van der Waals surface area contributed by atoms with Crippen LogP contribution in [0.5, 0.6) is 0 Å². The molecule has 19 heavy (non-hydrogen) atoms. The summed E-state index contributed by atoms with van der Waals surface area (Å²) in [7, 11) is 1.89. The van der Waals surface area contributed by atoms with Crippen molar-refractivity contribution in [3.05, 3.63) is 41.7 Å². The van der Waals surface area contributed by atoms with Gasteiger partial charge in [0.25, 0.3) is 0 Å². The van der Waals surface area contributed by atoms with Gasteiger partial charge in [0.05, 0.1) is 16.3 Å². The molecule has 0 aliphatic heterocycles. The van der Waals surface area contributed by atoms with Crippen LogP contribution >= 0.6 is 11.3 Å². The van der Waals surface area contributed by atoms with Crippen LogP contribution in [0.2, 0.25) is 0 Å². The number of hydrogen-bond acceptors (Lipinski definition) is 5. The molecule has 3 rings (SSSR count). The average molecular weight is 270 g/mol. The fourth-order valence-electron chi connectivity index (χ4n) is 1.82. The van der Waals surface area contributed by atoms with Crippen LogP contribution in [0.3, 0.4) is 0 Å². The lowest BCUT2D eigenvalue weighted by Crippen LogP contribution is -1.94. The molecule has 0 radical (unpaired) electrons. The highest BCUT2D eigenvalue weighted by Gasteiger charge is 2.08. The summed E-state index contributed by atoms with van der Waals surface area (Å²) in [6.07, 6.45) is 5.85. The zero-order valence-electron chi connectivity index (χ0n) is 10.1. The molecule has 0 atom stereocenters. The Bertz CT molecular complexity index is 732. The van der Waals surface area contributed by atoms with Crippen molar-refractivity contribution < 1.29 is 4.79 Å². The van der Waals surface area contributed by atoms with E-state index >= 15 is 0 Å². The maximum Gasteiger partial charge on any atom is 0.161 e. The highest BCUT2D eigenvalue weighted by atomic mass is 32.1. The van der Waals surface area contributed by atoms with E-state index in [-0.39, 0.29) is 0 Å². The second-order valence-electron chi connectivity index (χ2n) is 3.96. The highest BCUT2D eigenvalue weighted by molar-refractivity contribution is 7.16. The van der Waals surface area contributed by atoms with Crippen molar-refractivity contribution in [2.24, 2.45) is 7.05 Å². The molecule has 0 bridgehead atoms. The van der Waals surface area contributed by atoms with Gasteiger partial charge in [-0.25, -0.2) is 4.98 Å². The van der Waals surface area contributed by atoms with Crippen LogP contribution in [-0.4, -0.2) is 26.0 Å². The molecular weight excluding hydrogens is 260 g/mol. The van der Waals surface area contributed by atoms with Crippen molar-refractivity contribution in [2.75, 3.05) is 0 Å². The van der Waals surface area contributed by atoms with Crippen LogP contribution in [0.1, 0.15) is 9.67 Å². The van der Waals surface area contributed by atoms with Gasteiger partial charge in [-0.15, -0.1) is 11.3 Å². The van der Waals surface area contributed by atoms with Gasteiger partial charge in [-0.3, -0.25) is 14.5 Å². The summed E-state index contributed by atoms with van der Waals surface area (Å²) in [6, 6.07) is 5.82. The van der Waals surface area contributed by atoms with Crippen LogP contribution in [0.25, 0.3) is 22.0 Å². The first-order valence-corrected chi connectivity index (χ1v) is 6.45. The molecule has 0 N–H and O–H groups in total. The number of rotatable bonds is 3. The average Bonchev–Trinajstić information content (AvgIpc) is 3.07. The summed E-state index contributed by atoms with van der Waals surface area (Å²) in [5.74, 6) is 0. The summed E-state index contributed by atoms with van der Waals surface area (Å²) >= 11 is 1.33. The van der Waals surface area contributed by atoms with Gasteiger partial charge in [-0.2, -0.15) is 5.10 Å². The predicted octanol–water partition coefficient (Wildman–Crippen LogP) is 2.42. The van der Waals surface area contributed by atoms with Crippen molar-refractivity contribution in [3.63, 3.8) is 0 Å². The number of thiazole rings is 1. The molecule has 6 heteroatoms. The Morgan fingerprint density at radius 2 is 2.16 bits per heavy atom. The monoisotopic (exact) mass is 270 g/mol. The molecular formula is C13H10N4OS. The Balaban J connectivity index is 2.05. The van der Waals surface area contributed by atoms with Crippen LogP contribution < -0.4 is 0 Å². The van der Waals surface area contributed by atoms with E-state index in [1.165, 1.54) is 11.3 Å². The summed E-state index contributed by atoms with van der Waals surface area (Å²) < 4.78 is 1.80. The number of carbonyl (C=O) groups is 1. The van der Waals surface area contributed by atoms with Crippen LogP contribution in [0, 0.1) is 0 Å². The first-order chi connectivity index (χ1) is 9.28. The topological polar surface area (TPSA) is 60.7 Å². The van der Waals surface area contributed by atoms with Crippen LogP contribution in [0.4, 0.5) is 0 Å². The molecule has 0 aliphatic rings. The molecule has 0 fully saturated rings. The highest BCUT2D eigenvalue weighted by Crippen LogP contribution is 2.26. The Hall–Kier alpha value is -2.34. The third-order valence-electron chi connectivity index (χ3n) is 2.74. The molecule has 0 aromatic carbocycles. The summed E-state index contributed by atoms with van der Waals surface area (Å²) in [5.41, 5.74) is 2.79. The van der Waals surface area contributed by atoms with Crippen LogP contribution in [-0.2, 0) is 7.05 Å². The molecule has 0 spiro atoms. The van der Waals surface area contributed by atoms with E-state index in [1.54, 1.807) is 23.3 Å². The summed E-state index contributed by atoms with van der Waals surface area (Å²) in [6.45, 7) is 0. The number of carbonyl (C=O) groups excluding carboxylic acids is 1. The first-order valence-electron chi connectivity index (χ1n) is 5.64. The lowest BCUT2D eigenvalue weighted by Gasteiger charge is -2.03. The van der Waals surface area contributed by atoms with E-state index in [0.717, 1.165) is 28.2 Å². The zero-order valence-corrected chi connectivity index (χ0v) is 11.0. The molecule has 0 unspecified atom stereocenters. The Labute approximate surface area is 113 Å². The van der Waals surface area contributed by atoms with Gasteiger partial charge < -0.3 is 0 Å². The Morgan fingerprint density at radius 1 is 1.26 bits per heavy atom. The molecule has 0 aliphatic carbocycles. The first kappa shape index (κ1) is 11.7. The van der Waals surface area contributed by atoms with E-state index in [2.05, 4.69) is 15.1 Å². The molecule has 0 amide bonds. The third-order valence-corrected chi connectivity index (χ3v) is 3.68. The third kappa shape index (κ3) is 2.17. The largest absolute Gasteiger partial charge is 0.297 e. The minimum Gasteiger partial charge on any atom is -0.297 e. The summed E-state index contributed by atoms with van der Waals surface area (Å²) in [4.78, 5) is 19.8. The lowest BCUT2D eigenvalue weighted by molar-refractivity contribution is 0.112. The Kier molecular flexibility index (Phi) is 2.92. The quantitative estimate of drug-likeness (QED) is 0.686. The fraction of sp³-hybridized carbons (Fsp3) is 0.0769. The van der Waals surface area contributed by atoms with Gasteiger partial charge in [-0.05, 0) is 18.2 Å². The maximum atomic E-state index is 10.7. The number of pyridine rings is 1. The standard InChI is InChI=1S/C13H10N4OS/c1-17-12(3-5-16-17)9-2-4-14-11(6-9)13-15-7-10(8-18)19-13/h2-8H,1H3. The van der Waals surface area contributed by atoms with Crippen LogP contribution in [0.15, 0.2) is 36.8 Å². The number of aromatic nitrogens is 4. The van der Waals surface area contributed by atoms with Gasteiger partial charge in [-0.1, -0.05) is 0 Å². The van der Waals surface area contributed by atoms with Gasteiger partial charge in [0, 0.05) is 31.2 Å². The molecule has 3 aromatic heterocycles. The molecule has 3 heterocycles. The normalized spacial score (nSPS) is 10.6. The van der Waals surface area contributed by atoms with E-state index in [4.69, 9.17) is 0 Å². The SMILES string of the molecule is Cn1nccc1-c1ccnc(-c2ncc(C=O)s2)c1. The summed E-state index contributed by atoms with van der Waals surface area (Å²) in [5, 5.41) is 4.89. The Morgan fingerprint density at radius 3 is 2.84 bits per heavy atom. The molecule has 94 valence electrons. The second-order valence-corrected chi connectivity index (χ2v) is 5.02. The van der Waals surface area contributed by atoms with Crippen molar-refractivity contribution in [1.29, 1.82) is 0 Å². The minimum absolute atomic E-state index is 0.600. The van der Waals surface area contributed by atoms with Gasteiger partial charge in [0.2, 0.25) is 0 Å².